The molecule has 270 valence electrons. The Hall–Kier alpha value is -7.48. The van der Waals surface area contributed by atoms with Crippen molar-refractivity contribution in [1.29, 1.82) is 0 Å². The molecule has 2 aliphatic carbocycles. The van der Waals surface area contributed by atoms with Crippen molar-refractivity contribution in [3.8, 4) is 44.5 Å². The van der Waals surface area contributed by atoms with E-state index in [2.05, 4.69) is 229 Å². The van der Waals surface area contributed by atoms with Crippen molar-refractivity contribution in [3.63, 3.8) is 0 Å². The van der Waals surface area contributed by atoms with Gasteiger partial charge in [0.05, 0.1) is 11.1 Å². The number of hydrogen-bond donors (Lipinski definition) is 0. The van der Waals surface area contributed by atoms with Crippen LogP contribution in [0.1, 0.15) is 22.3 Å². The number of fused-ring (bicyclic) bond motifs is 9. The number of hydrogen-bond acceptors (Lipinski definition) is 1. The van der Waals surface area contributed by atoms with E-state index in [1.54, 1.807) is 0 Å². The molecule has 0 atom stereocenters. The number of nitrogens with zero attached hydrogens (tertiary/aromatic N) is 1. The van der Waals surface area contributed by atoms with Crippen LogP contribution in [0.25, 0.3) is 66.1 Å². The molecule has 12 rings (SSSR count). The summed E-state index contributed by atoms with van der Waals surface area (Å²) in [6.07, 6.45) is 0. The Kier molecular flexibility index (Phi) is 7.21. The molecule has 58 heavy (non-hydrogen) atoms. The highest BCUT2D eigenvalue weighted by Crippen LogP contribution is 2.60. The molecule has 0 heterocycles. The summed E-state index contributed by atoms with van der Waals surface area (Å²) in [5, 5.41) is 5.05. The summed E-state index contributed by atoms with van der Waals surface area (Å²) in [6.45, 7) is 0. The van der Waals surface area contributed by atoms with Crippen LogP contribution in [0.15, 0.2) is 224 Å². The van der Waals surface area contributed by atoms with Crippen LogP contribution in [-0.2, 0) is 5.41 Å². The summed E-state index contributed by atoms with van der Waals surface area (Å²) in [6, 6.07) is 83.1. The molecular weight excluding hydrogens is 699 g/mol. The Morgan fingerprint density at radius 1 is 0.293 bits per heavy atom. The van der Waals surface area contributed by atoms with Gasteiger partial charge in [0.25, 0.3) is 0 Å². The van der Waals surface area contributed by atoms with E-state index in [1.165, 1.54) is 88.3 Å². The molecule has 0 fully saturated rings. The fourth-order valence-electron chi connectivity index (χ4n) is 10.0. The first-order valence-corrected chi connectivity index (χ1v) is 20.2. The minimum absolute atomic E-state index is 0.556. The minimum Gasteiger partial charge on any atom is -0.310 e. The highest BCUT2D eigenvalue weighted by Gasteiger charge is 2.48. The molecule has 0 saturated heterocycles. The molecule has 0 aliphatic heterocycles. The molecule has 2 aliphatic rings. The van der Waals surface area contributed by atoms with Gasteiger partial charge in [-0.1, -0.05) is 170 Å². The van der Waals surface area contributed by atoms with Crippen LogP contribution >= 0.6 is 0 Å². The Labute approximate surface area is 338 Å². The predicted molar refractivity (Wildman–Crippen MR) is 243 cm³/mol. The number of rotatable bonds is 6. The zero-order valence-electron chi connectivity index (χ0n) is 31.8. The lowest BCUT2D eigenvalue weighted by Crippen LogP contribution is -2.30. The monoisotopic (exact) mass is 735 g/mol. The summed E-state index contributed by atoms with van der Waals surface area (Å²) >= 11 is 0. The molecule has 0 amide bonds. The van der Waals surface area contributed by atoms with E-state index in [0.717, 1.165) is 17.1 Å². The fourth-order valence-corrected chi connectivity index (χ4v) is 10.0. The Bertz CT molecular complexity index is 3160. The van der Waals surface area contributed by atoms with Crippen molar-refractivity contribution < 1.29 is 0 Å². The zero-order chi connectivity index (χ0) is 38.2. The highest BCUT2D eigenvalue weighted by atomic mass is 15.1. The maximum atomic E-state index is 2.50. The molecular formula is C57H37N. The van der Waals surface area contributed by atoms with Crippen molar-refractivity contribution in [2.75, 3.05) is 4.90 Å². The van der Waals surface area contributed by atoms with E-state index in [4.69, 9.17) is 0 Å². The average Bonchev–Trinajstić information content (AvgIpc) is 3.61. The lowest BCUT2D eigenvalue weighted by atomic mass is 9.67. The predicted octanol–water partition coefficient (Wildman–Crippen LogP) is 15.1. The molecule has 0 spiro atoms. The van der Waals surface area contributed by atoms with Gasteiger partial charge in [0.2, 0.25) is 0 Å². The Morgan fingerprint density at radius 3 is 1.41 bits per heavy atom. The smallest absolute Gasteiger partial charge is 0.0734 e. The van der Waals surface area contributed by atoms with Gasteiger partial charge in [0.1, 0.15) is 0 Å². The third-order valence-electron chi connectivity index (χ3n) is 12.6. The van der Waals surface area contributed by atoms with Crippen LogP contribution in [-0.4, -0.2) is 0 Å². The van der Waals surface area contributed by atoms with E-state index >= 15 is 0 Å². The lowest BCUT2D eigenvalue weighted by molar-refractivity contribution is 0.768. The van der Waals surface area contributed by atoms with Crippen LogP contribution in [0, 0.1) is 0 Å². The van der Waals surface area contributed by atoms with E-state index < -0.39 is 5.41 Å². The molecule has 0 saturated carbocycles. The first kappa shape index (κ1) is 32.7. The van der Waals surface area contributed by atoms with Crippen molar-refractivity contribution in [1.82, 2.24) is 0 Å². The fraction of sp³-hybridized carbons (Fsp3) is 0.0175. The Balaban J connectivity index is 1.11. The molecule has 0 bridgehead atoms. The van der Waals surface area contributed by atoms with E-state index in [9.17, 15) is 0 Å². The van der Waals surface area contributed by atoms with Crippen molar-refractivity contribution >= 4 is 38.6 Å². The second-order valence-electron chi connectivity index (χ2n) is 15.6. The lowest BCUT2D eigenvalue weighted by Gasteiger charge is -2.38. The van der Waals surface area contributed by atoms with Gasteiger partial charge in [-0.2, -0.15) is 0 Å². The number of anilines is 3. The minimum atomic E-state index is -0.556. The molecule has 0 aromatic heterocycles. The van der Waals surface area contributed by atoms with Crippen molar-refractivity contribution in [3.05, 3.63) is 247 Å². The zero-order valence-corrected chi connectivity index (χ0v) is 31.8. The Morgan fingerprint density at radius 2 is 0.776 bits per heavy atom. The van der Waals surface area contributed by atoms with Crippen LogP contribution < -0.4 is 4.90 Å². The first-order chi connectivity index (χ1) is 28.8. The normalized spacial score (nSPS) is 13.0. The van der Waals surface area contributed by atoms with Gasteiger partial charge in [-0.3, -0.25) is 0 Å². The van der Waals surface area contributed by atoms with Crippen LogP contribution in [0.4, 0.5) is 17.1 Å². The topological polar surface area (TPSA) is 3.24 Å². The molecule has 0 N–H and O–H groups in total. The summed E-state index contributed by atoms with van der Waals surface area (Å²) in [5.74, 6) is 0. The van der Waals surface area contributed by atoms with Crippen molar-refractivity contribution in [2.24, 2.45) is 0 Å². The molecule has 0 radical (unpaired) electrons. The van der Waals surface area contributed by atoms with Gasteiger partial charge in [-0.25, -0.2) is 0 Å². The maximum absolute atomic E-state index is 2.50. The van der Waals surface area contributed by atoms with E-state index in [1.807, 2.05) is 0 Å². The molecule has 1 nitrogen and oxygen atoms in total. The summed E-state index contributed by atoms with van der Waals surface area (Å²) in [5.41, 5.74) is 18.2. The van der Waals surface area contributed by atoms with Gasteiger partial charge in [0.15, 0.2) is 0 Å². The number of benzene rings is 10. The standard InChI is InChI=1S/C57H37N/c1-4-15-38(16-5-1)39-27-30-46(31-28-39)58(47-32-29-42-36-52-50-34-40-17-10-11-18-41(40)35-51(50)53(52)37-43(42)33-47)55-26-14-24-49-48-23-12-13-25-54(48)57(56(49)55,44-19-6-2-7-20-44)45-21-8-3-9-22-45/h1-37H. The molecule has 10 aromatic rings. The SMILES string of the molecule is c1ccc(-c2ccc(N(c3ccc4cc5c(cc4c3)-c3cc4ccccc4cc3-5)c3cccc4c3C(c3ccccc3)(c3ccccc3)c3ccccc3-4)cc2)cc1. The van der Waals surface area contributed by atoms with Gasteiger partial charge in [-0.15, -0.1) is 0 Å². The average molecular weight is 736 g/mol. The second kappa shape index (κ2) is 12.8. The van der Waals surface area contributed by atoms with Crippen LogP contribution in [0.5, 0.6) is 0 Å². The summed E-state index contributed by atoms with van der Waals surface area (Å²) in [4.78, 5) is 2.50. The summed E-state index contributed by atoms with van der Waals surface area (Å²) in [7, 11) is 0. The van der Waals surface area contributed by atoms with Crippen molar-refractivity contribution in [2.45, 2.75) is 5.41 Å². The molecule has 0 unspecified atom stereocenters. The quantitative estimate of drug-likeness (QED) is 0.164. The maximum Gasteiger partial charge on any atom is 0.0734 e. The highest BCUT2D eigenvalue weighted by molar-refractivity contribution is 6.12. The third-order valence-corrected chi connectivity index (χ3v) is 12.6. The summed E-state index contributed by atoms with van der Waals surface area (Å²) < 4.78 is 0. The van der Waals surface area contributed by atoms with Crippen LogP contribution in [0.3, 0.4) is 0 Å². The second-order valence-corrected chi connectivity index (χ2v) is 15.6. The first-order valence-electron chi connectivity index (χ1n) is 20.2. The van der Waals surface area contributed by atoms with E-state index in [0.29, 0.717) is 0 Å². The van der Waals surface area contributed by atoms with E-state index in [-0.39, 0.29) is 0 Å². The van der Waals surface area contributed by atoms with Gasteiger partial charge >= 0.3 is 0 Å². The largest absolute Gasteiger partial charge is 0.310 e. The van der Waals surface area contributed by atoms with Gasteiger partial charge < -0.3 is 4.90 Å². The van der Waals surface area contributed by atoms with Crippen LogP contribution in [0.2, 0.25) is 0 Å². The third kappa shape index (κ3) is 4.77. The molecule has 10 aromatic carbocycles. The van der Waals surface area contributed by atoms with Gasteiger partial charge in [-0.05, 0) is 137 Å². The molecule has 1 heteroatoms. The van der Waals surface area contributed by atoms with Gasteiger partial charge in [0, 0.05) is 16.9 Å².